The number of rotatable bonds is 3. The van der Waals surface area contributed by atoms with E-state index >= 15 is 0 Å². The number of oxime groups is 1. The van der Waals surface area contributed by atoms with E-state index in [4.69, 9.17) is 15.7 Å². The summed E-state index contributed by atoms with van der Waals surface area (Å²) >= 11 is 0. The van der Waals surface area contributed by atoms with Crippen molar-refractivity contribution in [1.29, 1.82) is 0 Å². The standard InChI is InChI=1S/C12H15FN2O2/c13-8-5-6-11(10(7-8)12(14)15-16)17-9-3-1-2-4-9/h5-7,9,16H,1-4H2,(H2,14,15). The van der Waals surface area contributed by atoms with Crippen LogP contribution in [0.1, 0.15) is 31.2 Å². The normalized spacial score (nSPS) is 17.4. The first-order chi connectivity index (χ1) is 8.20. The molecule has 0 aliphatic heterocycles. The number of hydrogen-bond donors (Lipinski definition) is 2. The molecule has 0 saturated heterocycles. The van der Waals surface area contributed by atoms with Crippen LogP contribution in [0.25, 0.3) is 0 Å². The maximum absolute atomic E-state index is 13.1. The van der Waals surface area contributed by atoms with Gasteiger partial charge in [-0.2, -0.15) is 0 Å². The predicted molar refractivity (Wildman–Crippen MR) is 61.8 cm³/mol. The van der Waals surface area contributed by atoms with Gasteiger partial charge in [0.15, 0.2) is 5.84 Å². The van der Waals surface area contributed by atoms with Crippen LogP contribution in [0.15, 0.2) is 23.4 Å². The molecule has 1 saturated carbocycles. The maximum atomic E-state index is 13.1. The van der Waals surface area contributed by atoms with Crippen LogP contribution in [0, 0.1) is 5.82 Å². The molecule has 1 aliphatic carbocycles. The van der Waals surface area contributed by atoms with Crippen molar-refractivity contribution in [1.82, 2.24) is 0 Å². The summed E-state index contributed by atoms with van der Waals surface area (Å²) in [5.41, 5.74) is 5.78. The van der Waals surface area contributed by atoms with Crippen molar-refractivity contribution in [3.63, 3.8) is 0 Å². The van der Waals surface area contributed by atoms with E-state index in [1.54, 1.807) is 0 Å². The molecule has 5 heteroatoms. The van der Waals surface area contributed by atoms with E-state index in [1.807, 2.05) is 0 Å². The topological polar surface area (TPSA) is 67.8 Å². The Morgan fingerprint density at radius 1 is 1.41 bits per heavy atom. The highest BCUT2D eigenvalue weighted by Gasteiger charge is 2.19. The first kappa shape index (κ1) is 11.7. The zero-order valence-corrected chi connectivity index (χ0v) is 9.40. The molecule has 1 aliphatic rings. The smallest absolute Gasteiger partial charge is 0.173 e. The number of nitrogens with zero attached hydrogens (tertiary/aromatic N) is 1. The Bertz CT molecular complexity index is 429. The fourth-order valence-electron chi connectivity index (χ4n) is 2.04. The zero-order valence-electron chi connectivity index (χ0n) is 9.40. The number of nitrogens with two attached hydrogens (primary N) is 1. The Balaban J connectivity index is 2.25. The highest BCUT2D eigenvalue weighted by Crippen LogP contribution is 2.27. The minimum absolute atomic E-state index is 0.141. The van der Waals surface area contributed by atoms with Crippen molar-refractivity contribution < 1.29 is 14.3 Å². The highest BCUT2D eigenvalue weighted by atomic mass is 19.1. The van der Waals surface area contributed by atoms with Gasteiger partial charge in [-0.1, -0.05) is 5.16 Å². The molecule has 1 aromatic rings. The van der Waals surface area contributed by atoms with Gasteiger partial charge in [0.1, 0.15) is 11.6 Å². The average molecular weight is 238 g/mol. The van der Waals surface area contributed by atoms with Crippen LogP contribution in [0.2, 0.25) is 0 Å². The van der Waals surface area contributed by atoms with Crippen molar-refractivity contribution >= 4 is 5.84 Å². The first-order valence-corrected chi connectivity index (χ1v) is 5.65. The summed E-state index contributed by atoms with van der Waals surface area (Å²) in [4.78, 5) is 0. The van der Waals surface area contributed by atoms with Crippen LogP contribution in [-0.2, 0) is 0 Å². The Labute approximate surface area is 98.9 Å². The second-order valence-corrected chi connectivity index (χ2v) is 4.15. The molecular weight excluding hydrogens is 223 g/mol. The predicted octanol–water partition coefficient (Wildman–Crippen LogP) is 2.24. The van der Waals surface area contributed by atoms with E-state index in [0.717, 1.165) is 25.7 Å². The van der Waals surface area contributed by atoms with Crippen LogP contribution in [0.5, 0.6) is 5.75 Å². The van der Waals surface area contributed by atoms with Crippen LogP contribution >= 0.6 is 0 Å². The molecule has 0 atom stereocenters. The van der Waals surface area contributed by atoms with Crippen LogP contribution in [0.3, 0.4) is 0 Å². The van der Waals surface area contributed by atoms with Gasteiger partial charge in [-0.05, 0) is 43.9 Å². The zero-order chi connectivity index (χ0) is 12.3. The molecular formula is C12H15FN2O2. The van der Waals surface area contributed by atoms with Gasteiger partial charge in [0.25, 0.3) is 0 Å². The van der Waals surface area contributed by atoms with E-state index in [9.17, 15) is 4.39 Å². The lowest BCUT2D eigenvalue weighted by Gasteiger charge is -2.15. The molecule has 1 aromatic carbocycles. The third-order valence-corrected chi connectivity index (χ3v) is 2.92. The third-order valence-electron chi connectivity index (χ3n) is 2.92. The van der Waals surface area contributed by atoms with Gasteiger partial charge in [-0.25, -0.2) is 4.39 Å². The van der Waals surface area contributed by atoms with Gasteiger partial charge in [0.2, 0.25) is 0 Å². The molecule has 0 spiro atoms. The lowest BCUT2D eigenvalue weighted by Crippen LogP contribution is -2.18. The van der Waals surface area contributed by atoms with Gasteiger partial charge in [0.05, 0.1) is 11.7 Å². The molecule has 0 heterocycles. The van der Waals surface area contributed by atoms with Crippen LogP contribution < -0.4 is 10.5 Å². The van der Waals surface area contributed by atoms with Crippen molar-refractivity contribution in [2.45, 2.75) is 31.8 Å². The molecule has 0 bridgehead atoms. The molecule has 92 valence electrons. The molecule has 1 fully saturated rings. The van der Waals surface area contributed by atoms with Gasteiger partial charge in [-0.3, -0.25) is 0 Å². The summed E-state index contributed by atoms with van der Waals surface area (Å²) in [5.74, 6) is -0.114. The van der Waals surface area contributed by atoms with E-state index in [2.05, 4.69) is 5.16 Å². The molecule has 0 unspecified atom stereocenters. The Morgan fingerprint density at radius 3 is 2.76 bits per heavy atom. The largest absolute Gasteiger partial charge is 0.490 e. The number of amidine groups is 1. The average Bonchev–Trinajstić information content (AvgIpc) is 2.83. The maximum Gasteiger partial charge on any atom is 0.173 e. The molecule has 0 aromatic heterocycles. The van der Waals surface area contributed by atoms with E-state index < -0.39 is 5.82 Å². The Hall–Kier alpha value is -1.78. The second kappa shape index (κ2) is 5.03. The van der Waals surface area contributed by atoms with Gasteiger partial charge >= 0.3 is 0 Å². The van der Waals surface area contributed by atoms with Crippen molar-refractivity contribution in [3.05, 3.63) is 29.6 Å². The SMILES string of the molecule is NC(=NO)c1cc(F)ccc1OC1CCCC1. The number of halogens is 1. The molecule has 0 amide bonds. The Morgan fingerprint density at radius 2 is 2.12 bits per heavy atom. The van der Waals surface area contributed by atoms with Gasteiger partial charge in [-0.15, -0.1) is 0 Å². The second-order valence-electron chi connectivity index (χ2n) is 4.15. The lowest BCUT2D eigenvalue weighted by molar-refractivity contribution is 0.209. The van der Waals surface area contributed by atoms with Crippen molar-refractivity contribution in [2.24, 2.45) is 10.9 Å². The summed E-state index contributed by atoms with van der Waals surface area (Å²) in [5, 5.41) is 11.5. The molecule has 3 N–H and O–H groups in total. The van der Waals surface area contributed by atoms with E-state index in [1.165, 1.54) is 18.2 Å². The van der Waals surface area contributed by atoms with Crippen molar-refractivity contribution in [2.75, 3.05) is 0 Å². The van der Waals surface area contributed by atoms with E-state index in [-0.39, 0.29) is 11.9 Å². The third kappa shape index (κ3) is 2.67. The quantitative estimate of drug-likeness (QED) is 0.367. The van der Waals surface area contributed by atoms with E-state index in [0.29, 0.717) is 11.3 Å². The van der Waals surface area contributed by atoms with Crippen molar-refractivity contribution in [3.8, 4) is 5.75 Å². The summed E-state index contributed by atoms with van der Waals surface area (Å²) in [7, 11) is 0. The summed E-state index contributed by atoms with van der Waals surface area (Å²) in [6.45, 7) is 0. The number of benzene rings is 1. The molecule has 4 nitrogen and oxygen atoms in total. The highest BCUT2D eigenvalue weighted by molar-refractivity contribution is 5.99. The number of ether oxygens (including phenoxy) is 1. The van der Waals surface area contributed by atoms with Gasteiger partial charge in [0, 0.05) is 0 Å². The summed E-state index contributed by atoms with van der Waals surface area (Å²) < 4.78 is 18.9. The molecule has 0 radical (unpaired) electrons. The molecule has 17 heavy (non-hydrogen) atoms. The fourth-order valence-corrected chi connectivity index (χ4v) is 2.04. The minimum Gasteiger partial charge on any atom is -0.490 e. The number of hydrogen-bond acceptors (Lipinski definition) is 3. The monoisotopic (exact) mass is 238 g/mol. The Kier molecular flexibility index (Phi) is 3.46. The summed E-state index contributed by atoms with van der Waals surface area (Å²) in [6, 6.07) is 4.03. The summed E-state index contributed by atoms with van der Waals surface area (Å²) in [6.07, 6.45) is 4.42. The molecule has 2 rings (SSSR count). The lowest BCUT2D eigenvalue weighted by atomic mass is 10.1. The van der Waals surface area contributed by atoms with Crippen LogP contribution in [-0.4, -0.2) is 17.1 Å². The first-order valence-electron chi connectivity index (χ1n) is 5.65. The fraction of sp³-hybridized carbons (Fsp3) is 0.417. The minimum atomic E-state index is -0.439. The van der Waals surface area contributed by atoms with Gasteiger partial charge < -0.3 is 15.7 Å². The van der Waals surface area contributed by atoms with Crippen LogP contribution in [0.4, 0.5) is 4.39 Å².